The van der Waals surface area contributed by atoms with E-state index in [9.17, 15) is 4.79 Å². The largest absolute Gasteiger partial charge is 0.454 e. The first-order chi connectivity index (χ1) is 14.7. The van der Waals surface area contributed by atoms with Gasteiger partial charge in [0.1, 0.15) is 6.33 Å². The summed E-state index contributed by atoms with van der Waals surface area (Å²) in [7, 11) is 1.81. The summed E-state index contributed by atoms with van der Waals surface area (Å²) in [5.41, 5.74) is 2.40. The van der Waals surface area contributed by atoms with Crippen LogP contribution in [0.4, 0.5) is 5.82 Å². The van der Waals surface area contributed by atoms with E-state index in [0.29, 0.717) is 24.3 Å². The van der Waals surface area contributed by atoms with Crippen LogP contribution in [-0.4, -0.2) is 75.3 Å². The van der Waals surface area contributed by atoms with Crippen LogP contribution in [0.5, 0.6) is 11.5 Å². The maximum Gasteiger partial charge on any atom is 0.234 e. The molecule has 156 valence electrons. The Labute approximate surface area is 172 Å². The minimum atomic E-state index is -0.000491. The van der Waals surface area contributed by atoms with Gasteiger partial charge in [0.2, 0.25) is 12.7 Å². The van der Waals surface area contributed by atoms with E-state index >= 15 is 0 Å². The molecule has 1 N–H and O–H groups in total. The van der Waals surface area contributed by atoms with Gasteiger partial charge in [-0.1, -0.05) is 11.3 Å². The molecule has 5 rings (SSSR count). The summed E-state index contributed by atoms with van der Waals surface area (Å²) in [5.74, 6) is 2.25. The lowest BCUT2D eigenvalue weighted by Crippen LogP contribution is -2.49. The molecule has 30 heavy (non-hydrogen) atoms. The summed E-state index contributed by atoms with van der Waals surface area (Å²) in [5, 5.41) is 11.2. The third-order valence-corrected chi connectivity index (χ3v) is 5.33. The number of anilines is 1. The molecule has 0 atom stereocenters. The van der Waals surface area contributed by atoms with Crippen molar-refractivity contribution < 1.29 is 14.3 Å². The molecule has 11 nitrogen and oxygen atoms in total. The predicted octanol–water partition coefficient (Wildman–Crippen LogP) is -0.0746. The lowest BCUT2D eigenvalue weighted by atomic mass is 10.2. The lowest BCUT2D eigenvalue weighted by Gasteiger charge is -2.34. The van der Waals surface area contributed by atoms with Crippen LogP contribution in [0.3, 0.4) is 0 Å². The van der Waals surface area contributed by atoms with Gasteiger partial charge in [-0.15, -0.1) is 5.10 Å². The summed E-state index contributed by atoms with van der Waals surface area (Å²) in [4.78, 5) is 25.3. The van der Waals surface area contributed by atoms with Crippen LogP contribution in [0.2, 0.25) is 0 Å². The first-order valence-corrected chi connectivity index (χ1v) is 9.80. The van der Waals surface area contributed by atoms with Crippen molar-refractivity contribution in [1.82, 2.24) is 35.2 Å². The molecule has 0 spiro atoms. The molecule has 2 aliphatic rings. The molecule has 4 heterocycles. The first-order valence-electron chi connectivity index (χ1n) is 9.80. The molecule has 1 amide bonds. The monoisotopic (exact) mass is 410 g/mol. The molecular weight excluding hydrogens is 388 g/mol. The van der Waals surface area contributed by atoms with E-state index in [1.54, 1.807) is 4.68 Å². The Morgan fingerprint density at radius 3 is 2.83 bits per heavy atom. The Hall–Kier alpha value is -3.47. The van der Waals surface area contributed by atoms with E-state index < -0.39 is 0 Å². The number of nitrogens with zero attached hydrogens (tertiary/aromatic N) is 7. The molecule has 1 aromatic carbocycles. The maximum atomic E-state index is 12.4. The SMILES string of the molecule is Cn1nnc2c(N3CCN(CC(=O)NCc4ccc5c(c4)OCO5)CC3)ncnc21. The fraction of sp³-hybridized carbons (Fsp3) is 0.421. The number of aryl methyl sites for hydroxylation is 1. The number of piperazine rings is 1. The molecule has 0 aliphatic carbocycles. The summed E-state index contributed by atoms with van der Waals surface area (Å²) in [6, 6.07) is 5.70. The van der Waals surface area contributed by atoms with Gasteiger partial charge in [-0.2, -0.15) is 0 Å². The number of hydrogen-bond donors (Lipinski definition) is 1. The van der Waals surface area contributed by atoms with Crippen LogP contribution in [0.25, 0.3) is 11.2 Å². The van der Waals surface area contributed by atoms with Crippen LogP contribution in [0, 0.1) is 0 Å². The van der Waals surface area contributed by atoms with E-state index in [1.165, 1.54) is 6.33 Å². The number of carbonyl (C=O) groups is 1. The third-order valence-electron chi connectivity index (χ3n) is 5.33. The number of fused-ring (bicyclic) bond motifs is 2. The number of rotatable bonds is 5. The van der Waals surface area contributed by atoms with Gasteiger partial charge < -0.3 is 19.7 Å². The number of amides is 1. The van der Waals surface area contributed by atoms with Crippen molar-refractivity contribution in [3.05, 3.63) is 30.1 Å². The van der Waals surface area contributed by atoms with Crippen molar-refractivity contribution in [1.29, 1.82) is 0 Å². The normalized spacial score (nSPS) is 16.2. The molecule has 0 saturated carbocycles. The zero-order chi connectivity index (χ0) is 20.5. The number of nitrogens with one attached hydrogen (secondary N) is 1. The van der Waals surface area contributed by atoms with Crippen molar-refractivity contribution in [2.24, 2.45) is 7.05 Å². The number of aromatic nitrogens is 5. The highest BCUT2D eigenvalue weighted by Gasteiger charge is 2.23. The van der Waals surface area contributed by atoms with Gasteiger partial charge in [0.15, 0.2) is 28.5 Å². The van der Waals surface area contributed by atoms with E-state index in [-0.39, 0.29) is 12.7 Å². The highest BCUT2D eigenvalue weighted by Crippen LogP contribution is 2.32. The second-order valence-corrected chi connectivity index (χ2v) is 7.31. The second-order valence-electron chi connectivity index (χ2n) is 7.31. The molecule has 0 radical (unpaired) electrons. The van der Waals surface area contributed by atoms with Gasteiger partial charge in [0, 0.05) is 39.8 Å². The molecule has 0 unspecified atom stereocenters. The van der Waals surface area contributed by atoms with Crippen LogP contribution in [0.15, 0.2) is 24.5 Å². The maximum absolute atomic E-state index is 12.4. The van der Waals surface area contributed by atoms with Crippen LogP contribution in [0.1, 0.15) is 5.56 Å². The molecule has 1 fully saturated rings. The lowest BCUT2D eigenvalue weighted by molar-refractivity contribution is -0.122. The van der Waals surface area contributed by atoms with E-state index in [1.807, 2.05) is 25.2 Å². The minimum Gasteiger partial charge on any atom is -0.454 e. The molecule has 2 aromatic heterocycles. The van der Waals surface area contributed by atoms with Gasteiger partial charge >= 0.3 is 0 Å². The van der Waals surface area contributed by atoms with Crippen molar-refractivity contribution in [2.75, 3.05) is 44.4 Å². The van der Waals surface area contributed by atoms with E-state index in [2.05, 4.69) is 35.4 Å². The van der Waals surface area contributed by atoms with Crippen molar-refractivity contribution in [3.63, 3.8) is 0 Å². The fourth-order valence-electron chi connectivity index (χ4n) is 3.70. The Kier molecular flexibility index (Phi) is 4.79. The van der Waals surface area contributed by atoms with Gasteiger partial charge in [-0.25, -0.2) is 14.6 Å². The molecule has 2 aliphatic heterocycles. The molecule has 3 aromatic rings. The molecule has 1 saturated heterocycles. The van der Waals surface area contributed by atoms with Gasteiger partial charge in [0.25, 0.3) is 0 Å². The Morgan fingerprint density at radius 2 is 1.97 bits per heavy atom. The summed E-state index contributed by atoms with van der Waals surface area (Å²) < 4.78 is 12.3. The number of hydrogen-bond acceptors (Lipinski definition) is 9. The highest BCUT2D eigenvalue weighted by atomic mass is 16.7. The fourth-order valence-corrected chi connectivity index (χ4v) is 3.70. The van der Waals surface area contributed by atoms with Gasteiger partial charge in [0.05, 0.1) is 6.54 Å². The van der Waals surface area contributed by atoms with E-state index in [0.717, 1.165) is 49.1 Å². The van der Waals surface area contributed by atoms with Crippen LogP contribution in [-0.2, 0) is 18.4 Å². The third kappa shape index (κ3) is 3.59. The Morgan fingerprint density at radius 1 is 1.13 bits per heavy atom. The number of benzene rings is 1. The van der Waals surface area contributed by atoms with Crippen LogP contribution < -0.4 is 19.7 Å². The average molecular weight is 410 g/mol. The van der Waals surface area contributed by atoms with Crippen molar-refractivity contribution >= 4 is 22.9 Å². The summed E-state index contributed by atoms with van der Waals surface area (Å²) >= 11 is 0. The van der Waals surface area contributed by atoms with Gasteiger partial charge in [-0.05, 0) is 17.7 Å². The Balaban J connectivity index is 1.13. The number of ether oxygens (including phenoxy) is 2. The molecular formula is C19H22N8O3. The topological polar surface area (TPSA) is 111 Å². The first kappa shape index (κ1) is 18.6. The zero-order valence-corrected chi connectivity index (χ0v) is 16.6. The zero-order valence-electron chi connectivity index (χ0n) is 16.6. The smallest absolute Gasteiger partial charge is 0.234 e. The summed E-state index contributed by atoms with van der Waals surface area (Å²) in [6.45, 7) is 4.13. The average Bonchev–Trinajstić information content (AvgIpc) is 3.39. The summed E-state index contributed by atoms with van der Waals surface area (Å²) in [6.07, 6.45) is 1.54. The van der Waals surface area contributed by atoms with Crippen molar-refractivity contribution in [2.45, 2.75) is 6.54 Å². The highest BCUT2D eigenvalue weighted by molar-refractivity contribution is 5.82. The van der Waals surface area contributed by atoms with Crippen molar-refractivity contribution in [3.8, 4) is 11.5 Å². The molecule has 11 heteroatoms. The van der Waals surface area contributed by atoms with Gasteiger partial charge in [-0.3, -0.25) is 9.69 Å². The Bertz CT molecular complexity index is 1080. The molecule has 0 bridgehead atoms. The van der Waals surface area contributed by atoms with Crippen LogP contribution >= 0.6 is 0 Å². The number of carbonyl (C=O) groups excluding carboxylic acids is 1. The quantitative estimate of drug-likeness (QED) is 0.618. The predicted molar refractivity (Wildman–Crippen MR) is 107 cm³/mol. The van der Waals surface area contributed by atoms with E-state index in [4.69, 9.17) is 9.47 Å². The minimum absolute atomic E-state index is 0.000491. The second kappa shape index (κ2) is 7.75. The standard InChI is InChI=1S/C19H22N8O3/c1-25-18-17(23-24-25)19(22-11-21-18)27-6-4-26(5-7-27)10-16(28)20-9-13-2-3-14-15(8-13)30-12-29-14/h2-3,8,11H,4-7,9-10,12H2,1H3,(H,20,28).